The molecule has 0 saturated carbocycles. The van der Waals surface area contributed by atoms with Crippen LogP contribution in [0.3, 0.4) is 0 Å². The maximum Gasteiger partial charge on any atom is 0.304 e. The number of benzene rings is 2. The molecule has 0 spiro atoms. The monoisotopic (exact) mass is 434 g/mol. The van der Waals surface area contributed by atoms with Crippen molar-refractivity contribution in [1.82, 2.24) is 19.5 Å². The van der Waals surface area contributed by atoms with Gasteiger partial charge in [-0.2, -0.15) is 9.97 Å². The third-order valence-corrected chi connectivity index (χ3v) is 5.15. The highest BCUT2D eigenvalue weighted by Crippen LogP contribution is 2.34. The van der Waals surface area contributed by atoms with E-state index in [1.54, 1.807) is 0 Å². The van der Waals surface area contributed by atoms with Crippen LogP contribution in [-0.4, -0.2) is 39.1 Å². The number of methoxy groups -OCH3 is 1. The average Bonchev–Trinajstić information content (AvgIpc) is 3.41. The number of nitrogens with two attached hydrogens (primary N) is 1. The fourth-order valence-electron chi connectivity index (χ4n) is 3.70. The number of nitrogens with one attached hydrogen (secondary N) is 1. The summed E-state index contributed by atoms with van der Waals surface area (Å²) in [7, 11) is 1.42. The quantitative estimate of drug-likeness (QED) is 0.479. The number of anilines is 1. The highest BCUT2D eigenvalue weighted by molar-refractivity contribution is 6.04. The van der Waals surface area contributed by atoms with Gasteiger partial charge in [-0.15, -0.1) is 0 Å². The van der Waals surface area contributed by atoms with Crippen molar-refractivity contribution in [3.63, 3.8) is 0 Å². The van der Waals surface area contributed by atoms with Gasteiger partial charge in [0.15, 0.2) is 11.6 Å². The number of rotatable bonds is 6. The number of hydrogen-bond donors (Lipinski definition) is 2. The molecule has 0 bridgehead atoms. The van der Waals surface area contributed by atoms with E-state index in [9.17, 15) is 9.18 Å². The van der Waals surface area contributed by atoms with E-state index in [-0.39, 0.29) is 28.6 Å². The Morgan fingerprint density at radius 3 is 2.81 bits per heavy atom. The maximum absolute atomic E-state index is 14.3. The zero-order valence-electron chi connectivity index (χ0n) is 17.1. The van der Waals surface area contributed by atoms with Crippen LogP contribution < -0.4 is 20.5 Å². The van der Waals surface area contributed by atoms with Crippen LogP contribution in [0.5, 0.6) is 11.8 Å². The molecule has 1 amide bonds. The van der Waals surface area contributed by atoms with Crippen molar-refractivity contribution in [2.45, 2.75) is 13.0 Å². The Balaban J connectivity index is 1.66. The Bertz CT molecular complexity index is 1340. The molecule has 0 atom stereocenters. The van der Waals surface area contributed by atoms with E-state index < -0.39 is 11.7 Å². The van der Waals surface area contributed by atoms with Crippen molar-refractivity contribution in [3.8, 4) is 17.7 Å². The fraction of sp³-hybridized carbons (Fsp3) is 0.182. The largest absolute Gasteiger partial charge is 0.487 e. The lowest BCUT2D eigenvalue weighted by Gasteiger charge is -2.13. The van der Waals surface area contributed by atoms with Gasteiger partial charge in [-0.25, -0.2) is 13.9 Å². The lowest BCUT2D eigenvalue weighted by atomic mass is 10.1. The van der Waals surface area contributed by atoms with E-state index in [0.717, 1.165) is 11.6 Å². The van der Waals surface area contributed by atoms with Gasteiger partial charge in [-0.1, -0.05) is 30.3 Å². The second-order valence-corrected chi connectivity index (χ2v) is 7.20. The molecular weight excluding hydrogens is 415 g/mol. The molecule has 4 aromatic rings. The zero-order valence-corrected chi connectivity index (χ0v) is 17.1. The third-order valence-electron chi connectivity index (χ3n) is 5.15. The molecule has 1 aliphatic rings. The molecule has 162 valence electrons. The first-order valence-corrected chi connectivity index (χ1v) is 9.93. The van der Waals surface area contributed by atoms with Gasteiger partial charge in [0.2, 0.25) is 5.95 Å². The summed E-state index contributed by atoms with van der Waals surface area (Å²) in [4.78, 5) is 25.4. The number of halogens is 1. The molecule has 32 heavy (non-hydrogen) atoms. The highest BCUT2D eigenvalue weighted by atomic mass is 19.1. The summed E-state index contributed by atoms with van der Waals surface area (Å²) < 4.78 is 26.9. The van der Waals surface area contributed by atoms with Crippen LogP contribution in [0.2, 0.25) is 0 Å². The molecule has 0 saturated heterocycles. The first-order valence-electron chi connectivity index (χ1n) is 9.93. The molecule has 9 nitrogen and oxygen atoms in total. The molecular formula is C22H19FN6O3. The fourth-order valence-corrected chi connectivity index (χ4v) is 3.70. The Morgan fingerprint density at radius 1 is 1.25 bits per heavy atom. The normalized spacial score (nSPS) is 12.4. The van der Waals surface area contributed by atoms with E-state index in [1.165, 1.54) is 17.7 Å². The van der Waals surface area contributed by atoms with Crippen LogP contribution in [0.15, 0.2) is 42.5 Å². The lowest BCUT2D eigenvalue weighted by Crippen LogP contribution is -2.12. The average molecular weight is 434 g/mol. The van der Waals surface area contributed by atoms with E-state index in [4.69, 9.17) is 15.2 Å². The van der Waals surface area contributed by atoms with Crippen molar-refractivity contribution < 1.29 is 18.7 Å². The summed E-state index contributed by atoms with van der Waals surface area (Å²) in [6.07, 6.45) is 0.598. The molecule has 3 N–H and O–H groups in total. The van der Waals surface area contributed by atoms with Crippen molar-refractivity contribution in [2.24, 2.45) is 5.73 Å². The number of primary amides is 1. The molecule has 0 radical (unpaired) electrons. The summed E-state index contributed by atoms with van der Waals surface area (Å²) in [5.74, 6) is -0.138. The maximum atomic E-state index is 14.3. The van der Waals surface area contributed by atoms with Crippen LogP contribution in [0.4, 0.5) is 10.2 Å². The Hall–Kier alpha value is -4.21. The van der Waals surface area contributed by atoms with Crippen molar-refractivity contribution in [1.29, 1.82) is 0 Å². The van der Waals surface area contributed by atoms with Crippen LogP contribution in [0.25, 0.3) is 17.0 Å². The van der Waals surface area contributed by atoms with Gasteiger partial charge in [0.1, 0.15) is 11.3 Å². The number of aromatic nitrogens is 4. The summed E-state index contributed by atoms with van der Waals surface area (Å²) in [6.45, 7) is 1.01. The van der Waals surface area contributed by atoms with E-state index in [1.807, 2.05) is 30.3 Å². The molecule has 3 heterocycles. The van der Waals surface area contributed by atoms with Crippen LogP contribution >= 0.6 is 0 Å². The molecule has 2 aromatic carbocycles. The number of hydrogen-bond acceptors (Lipinski definition) is 7. The number of fused-ring (bicyclic) bond motifs is 2. The van der Waals surface area contributed by atoms with Crippen LogP contribution in [0.1, 0.15) is 21.6 Å². The van der Waals surface area contributed by atoms with Gasteiger partial charge in [-0.3, -0.25) is 4.79 Å². The third kappa shape index (κ3) is 3.35. The topological polar surface area (TPSA) is 117 Å². The predicted molar refractivity (Wildman–Crippen MR) is 115 cm³/mol. The van der Waals surface area contributed by atoms with E-state index in [0.29, 0.717) is 36.8 Å². The zero-order chi connectivity index (χ0) is 22.2. The standard InChI is InChI=1S/C22H19FN6O3/c1-31-22-27-17-14(19(24)30)9-13(23)10-16(17)29(22)21-26-15-7-8-32-18(15)20(28-21)25-11-12-5-3-2-4-6-12/h2-6,9-10H,7-8,11H2,1H3,(H2,24,30)(H,25,26,28). The molecule has 2 aromatic heterocycles. The number of imidazole rings is 1. The second-order valence-electron chi connectivity index (χ2n) is 7.20. The van der Waals surface area contributed by atoms with E-state index in [2.05, 4.69) is 20.3 Å². The second kappa shape index (κ2) is 7.80. The van der Waals surface area contributed by atoms with Crippen LogP contribution in [-0.2, 0) is 13.0 Å². The molecule has 0 unspecified atom stereocenters. The predicted octanol–water partition coefficient (Wildman–Crippen LogP) is 2.61. The number of carbonyl (C=O) groups excluding carboxylic acids is 1. The van der Waals surface area contributed by atoms with Gasteiger partial charge in [0, 0.05) is 19.0 Å². The summed E-state index contributed by atoms with van der Waals surface area (Å²) in [6, 6.07) is 12.2. The van der Waals surface area contributed by atoms with Gasteiger partial charge >= 0.3 is 6.01 Å². The minimum Gasteiger partial charge on any atom is -0.487 e. The molecule has 0 fully saturated rings. The highest BCUT2D eigenvalue weighted by Gasteiger charge is 2.26. The minimum atomic E-state index is -0.796. The molecule has 1 aliphatic heterocycles. The SMILES string of the molecule is COc1nc2c(C(N)=O)cc(F)cc2n1-c1nc2c(c(NCc3ccccc3)n1)OCC2. The van der Waals surface area contributed by atoms with E-state index >= 15 is 0 Å². The van der Waals surface area contributed by atoms with Crippen molar-refractivity contribution in [2.75, 3.05) is 19.0 Å². The Labute approximate surface area is 182 Å². The van der Waals surface area contributed by atoms with Gasteiger partial charge in [0.05, 0.1) is 30.5 Å². The van der Waals surface area contributed by atoms with Gasteiger partial charge in [0.25, 0.3) is 5.91 Å². The Morgan fingerprint density at radius 2 is 2.06 bits per heavy atom. The van der Waals surface area contributed by atoms with Crippen LogP contribution in [0, 0.1) is 5.82 Å². The summed E-state index contributed by atoms with van der Waals surface area (Å²) >= 11 is 0. The first-order chi connectivity index (χ1) is 15.5. The number of carbonyl (C=O) groups is 1. The van der Waals surface area contributed by atoms with Gasteiger partial charge in [-0.05, 0) is 11.6 Å². The van der Waals surface area contributed by atoms with Crippen molar-refractivity contribution in [3.05, 3.63) is 65.1 Å². The minimum absolute atomic E-state index is 0.0519. The molecule has 5 rings (SSSR count). The molecule has 10 heteroatoms. The van der Waals surface area contributed by atoms with Gasteiger partial charge < -0.3 is 20.5 Å². The first kappa shape index (κ1) is 19.7. The summed E-state index contributed by atoms with van der Waals surface area (Å²) in [5.41, 5.74) is 7.62. The number of ether oxygens (including phenoxy) is 2. The number of amides is 1. The Kier molecular flexibility index (Phi) is 4.81. The van der Waals surface area contributed by atoms with Crippen molar-refractivity contribution >= 4 is 22.8 Å². The number of nitrogens with zero attached hydrogens (tertiary/aromatic N) is 4. The summed E-state index contributed by atoms with van der Waals surface area (Å²) in [5, 5.41) is 3.29. The molecule has 0 aliphatic carbocycles. The smallest absolute Gasteiger partial charge is 0.304 e. The lowest BCUT2D eigenvalue weighted by molar-refractivity contribution is 0.100.